The molecule has 0 aliphatic carbocycles. The van der Waals surface area contributed by atoms with E-state index in [-0.39, 0.29) is 0 Å². The average Bonchev–Trinajstić information content (AvgIpc) is 2.64. The number of benzene rings is 3. The Morgan fingerprint density at radius 3 is 1.93 bits per heavy atom. The Balaban J connectivity index is 2.37. The van der Waals surface area contributed by atoms with E-state index in [1.165, 1.54) is 50.1 Å². The number of hydrogen-bond acceptors (Lipinski definition) is 0. The van der Waals surface area contributed by atoms with Gasteiger partial charge in [0.1, 0.15) is 0 Å². The van der Waals surface area contributed by atoms with Gasteiger partial charge in [0.15, 0.2) is 0 Å². The number of halogens is 1. The Morgan fingerprint density at radius 1 is 0.714 bits per heavy atom. The lowest BCUT2D eigenvalue weighted by atomic mass is 9.84. The number of aryl methyl sites for hydroxylation is 4. The van der Waals surface area contributed by atoms with Gasteiger partial charge in [0.25, 0.3) is 0 Å². The molecule has 28 heavy (non-hydrogen) atoms. The Morgan fingerprint density at radius 2 is 1.32 bits per heavy atom. The summed E-state index contributed by atoms with van der Waals surface area (Å²) in [6, 6.07) is 22.0. The molecule has 0 fully saturated rings. The third-order valence-corrected chi connectivity index (χ3v) is 5.54. The maximum absolute atomic E-state index is 6.26. The molecule has 0 radical (unpaired) electrons. The predicted molar refractivity (Wildman–Crippen MR) is 124 cm³/mol. The largest absolute Gasteiger partial charge is 0.0843 e. The van der Waals surface area contributed by atoms with Crippen LogP contribution < -0.4 is 0 Å². The minimum absolute atomic E-state index is 0.792. The van der Waals surface area contributed by atoms with E-state index in [2.05, 4.69) is 89.2 Å². The lowest BCUT2D eigenvalue weighted by Crippen LogP contribution is -2.00. The van der Waals surface area contributed by atoms with E-state index in [4.69, 9.17) is 11.6 Å². The van der Waals surface area contributed by atoms with Crippen molar-refractivity contribution < 1.29 is 0 Å². The summed E-state index contributed by atoms with van der Waals surface area (Å²) in [5, 5.41) is 0.792. The van der Waals surface area contributed by atoms with E-state index >= 15 is 0 Å². The van der Waals surface area contributed by atoms with Gasteiger partial charge >= 0.3 is 0 Å². The molecule has 0 atom stereocenters. The van der Waals surface area contributed by atoms with E-state index < -0.39 is 0 Å². The van der Waals surface area contributed by atoms with Gasteiger partial charge in [0.2, 0.25) is 0 Å². The molecule has 0 heterocycles. The Kier molecular flexibility index (Phi) is 6.42. The fourth-order valence-electron chi connectivity index (χ4n) is 3.92. The van der Waals surface area contributed by atoms with Crippen LogP contribution in [0.2, 0.25) is 5.02 Å². The highest BCUT2D eigenvalue weighted by Crippen LogP contribution is 2.38. The quantitative estimate of drug-likeness (QED) is 0.385. The van der Waals surface area contributed by atoms with Crippen molar-refractivity contribution in [3.63, 3.8) is 0 Å². The van der Waals surface area contributed by atoms with E-state index in [0.717, 1.165) is 17.9 Å². The van der Waals surface area contributed by atoms with Crippen LogP contribution in [0.25, 0.3) is 11.1 Å². The van der Waals surface area contributed by atoms with Gasteiger partial charge in [-0.3, -0.25) is 0 Å². The van der Waals surface area contributed by atoms with Crippen LogP contribution in [0.1, 0.15) is 58.7 Å². The zero-order chi connectivity index (χ0) is 20.3. The lowest BCUT2D eigenvalue weighted by molar-refractivity contribution is 0.972. The van der Waals surface area contributed by atoms with Crippen molar-refractivity contribution in [1.29, 1.82) is 0 Å². The van der Waals surface area contributed by atoms with E-state index in [1.807, 2.05) is 6.07 Å². The molecule has 144 valence electrons. The molecule has 0 aromatic heterocycles. The van der Waals surface area contributed by atoms with Gasteiger partial charge in [-0.25, -0.2) is 0 Å². The summed E-state index contributed by atoms with van der Waals surface area (Å²) in [5.41, 5.74) is 11.7. The highest BCUT2D eigenvalue weighted by molar-refractivity contribution is 6.30. The zero-order valence-electron chi connectivity index (χ0n) is 17.6. The van der Waals surface area contributed by atoms with Gasteiger partial charge in [-0.05, 0) is 85.2 Å². The van der Waals surface area contributed by atoms with Crippen LogP contribution in [-0.4, -0.2) is 0 Å². The molecule has 0 aliphatic heterocycles. The molecule has 3 rings (SSSR count). The first-order valence-corrected chi connectivity index (χ1v) is 10.4. The normalized spacial score (nSPS) is 12.1. The molecule has 0 bridgehead atoms. The first-order valence-electron chi connectivity index (χ1n) is 10.0. The Hall–Kier alpha value is -2.31. The van der Waals surface area contributed by atoms with Crippen molar-refractivity contribution in [2.45, 2.75) is 47.5 Å². The lowest BCUT2D eigenvalue weighted by Gasteiger charge is -2.20. The molecular formula is C27H29Cl. The second-order valence-corrected chi connectivity index (χ2v) is 8.18. The molecule has 0 saturated carbocycles. The molecule has 3 aromatic rings. The third kappa shape index (κ3) is 4.39. The van der Waals surface area contributed by atoms with Crippen LogP contribution in [0.4, 0.5) is 0 Å². The second kappa shape index (κ2) is 8.80. The molecule has 3 aromatic carbocycles. The fraction of sp³-hybridized carbons (Fsp3) is 0.259. The summed E-state index contributed by atoms with van der Waals surface area (Å²) < 4.78 is 0. The van der Waals surface area contributed by atoms with Gasteiger partial charge < -0.3 is 0 Å². The van der Waals surface area contributed by atoms with Crippen LogP contribution in [0.15, 0.2) is 60.7 Å². The van der Waals surface area contributed by atoms with Crippen molar-refractivity contribution in [2.75, 3.05) is 0 Å². The maximum Gasteiger partial charge on any atom is 0.0409 e. The topological polar surface area (TPSA) is 0 Å². The number of allylic oxidation sites excluding steroid dienone is 1. The van der Waals surface area contributed by atoms with Gasteiger partial charge in [-0.2, -0.15) is 0 Å². The molecule has 0 N–H and O–H groups in total. The second-order valence-electron chi connectivity index (χ2n) is 7.75. The fourth-order valence-corrected chi connectivity index (χ4v) is 4.14. The van der Waals surface area contributed by atoms with Gasteiger partial charge in [0, 0.05) is 5.02 Å². The minimum Gasteiger partial charge on any atom is -0.0843 e. The summed E-state index contributed by atoms with van der Waals surface area (Å²) in [4.78, 5) is 0. The van der Waals surface area contributed by atoms with Crippen molar-refractivity contribution in [2.24, 2.45) is 0 Å². The summed E-state index contributed by atoms with van der Waals surface area (Å²) in [6.45, 7) is 10.9. The summed E-state index contributed by atoms with van der Waals surface area (Å²) >= 11 is 6.26. The zero-order valence-corrected chi connectivity index (χ0v) is 18.3. The van der Waals surface area contributed by atoms with Crippen LogP contribution in [0.5, 0.6) is 0 Å². The molecule has 0 saturated heterocycles. The van der Waals surface area contributed by atoms with Crippen molar-refractivity contribution in [3.8, 4) is 0 Å². The minimum atomic E-state index is 0.792. The van der Waals surface area contributed by atoms with Crippen LogP contribution >= 0.6 is 11.6 Å². The first kappa shape index (κ1) is 20.4. The van der Waals surface area contributed by atoms with E-state index in [9.17, 15) is 0 Å². The first-order chi connectivity index (χ1) is 13.4. The van der Waals surface area contributed by atoms with Crippen molar-refractivity contribution in [1.82, 2.24) is 0 Å². The van der Waals surface area contributed by atoms with Gasteiger partial charge in [-0.1, -0.05) is 84.6 Å². The van der Waals surface area contributed by atoms with Crippen LogP contribution in [0.3, 0.4) is 0 Å². The van der Waals surface area contributed by atoms with Gasteiger partial charge in [-0.15, -0.1) is 0 Å². The van der Waals surface area contributed by atoms with E-state index in [1.54, 1.807) is 0 Å². The molecule has 0 nitrogen and oxygen atoms in total. The molecular weight excluding hydrogens is 360 g/mol. The molecule has 0 unspecified atom stereocenters. The summed E-state index contributed by atoms with van der Waals surface area (Å²) in [5.74, 6) is 0. The Labute approximate surface area is 174 Å². The molecule has 0 aliphatic rings. The maximum atomic E-state index is 6.26. The highest BCUT2D eigenvalue weighted by Gasteiger charge is 2.17. The van der Waals surface area contributed by atoms with Crippen molar-refractivity contribution >= 4 is 22.7 Å². The number of rotatable bonds is 5. The third-order valence-electron chi connectivity index (χ3n) is 5.31. The van der Waals surface area contributed by atoms with Crippen LogP contribution in [0, 0.1) is 27.7 Å². The summed E-state index contributed by atoms with van der Waals surface area (Å²) in [6.07, 6.45) is 2.12. The smallest absolute Gasteiger partial charge is 0.0409 e. The average molecular weight is 389 g/mol. The predicted octanol–water partition coefficient (Wildman–Crippen LogP) is 8.33. The standard InChI is InChI=1S/C27H29Cl/c1-6-7-26(24-15-13-23(28)17-21(24)5)27(22-11-8-18(2)9-12-22)25-14-10-19(3)16-20(25)4/h8-17H,6-7H2,1-5H3/b27-26+. The summed E-state index contributed by atoms with van der Waals surface area (Å²) in [7, 11) is 0. The SMILES string of the molecule is CCC/C(=C(/c1ccc(C)cc1)c1ccc(C)cc1C)c1ccc(Cl)cc1C. The van der Waals surface area contributed by atoms with Crippen molar-refractivity contribution in [3.05, 3.63) is 105 Å². The van der Waals surface area contributed by atoms with Crippen LogP contribution in [-0.2, 0) is 0 Å². The monoisotopic (exact) mass is 388 g/mol. The van der Waals surface area contributed by atoms with Gasteiger partial charge in [0.05, 0.1) is 0 Å². The highest BCUT2D eigenvalue weighted by atomic mass is 35.5. The molecule has 1 heteroatoms. The molecule has 0 amide bonds. The number of hydrogen-bond donors (Lipinski definition) is 0. The van der Waals surface area contributed by atoms with E-state index in [0.29, 0.717) is 0 Å². The molecule has 0 spiro atoms. The Bertz CT molecular complexity index is 1010.